The summed E-state index contributed by atoms with van der Waals surface area (Å²) in [6.07, 6.45) is -1.12. The fourth-order valence-electron chi connectivity index (χ4n) is 2.94. The van der Waals surface area contributed by atoms with Crippen molar-refractivity contribution in [3.63, 3.8) is 0 Å². The van der Waals surface area contributed by atoms with Crippen LogP contribution >= 0.6 is 0 Å². The Balaban J connectivity index is 0. The van der Waals surface area contributed by atoms with E-state index in [4.69, 9.17) is 4.79 Å². The highest BCUT2D eigenvalue weighted by molar-refractivity contribution is 6.46. The molecule has 0 saturated heterocycles. The largest absolute Gasteiger partial charge is 0.416 e. The molecule has 1 amide bonds. The van der Waals surface area contributed by atoms with Gasteiger partial charge in [0.1, 0.15) is 19.2 Å². The Kier molecular flexibility index (Phi) is 18.7. The van der Waals surface area contributed by atoms with Crippen molar-refractivity contribution in [3.8, 4) is 0 Å². The second-order valence-electron chi connectivity index (χ2n) is 10.0. The summed E-state index contributed by atoms with van der Waals surface area (Å²) in [4.78, 5) is 26.2. The van der Waals surface area contributed by atoms with E-state index in [9.17, 15) is 18.0 Å². The summed E-state index contributed by atoms with van der Waals surface area (Å²) in [5.74, 6) is -0.345. The van der Waals surface area contributed by atoms with Crippen LogP contribution in [0.15, 0.2) is 53.5 Å². The Hall–Kier alpha value is -3.00. The van der Waals surface area contributed by atoms with E-state index in [1.165, 1.54) is 36.1 Å². The van der Waals surface area contributed by atoms with Crippen LogP contribution in [0.1, 0.15) is 83.6 Å². The van der Waals surface area contributed by atoms with Gasteiger partial charge in [-0.15, -0.1) is 0 Å². The van der Waals surface area contributed by atoms with Gasteiger partial charge in [0.25, 0.3) is 5.91 Å². The van der Waals surface area contributed by atoms with Crippen molar-refractivity contribution < 1.29 is 22.8 Å². The van der Waals surface area contributed by atoms with Crippen molar-refractivity contribution in [1.82, 2.24) is 4.90 Å². The summed E-state index contributed by atoms with van der Waals surface area (Å²) in [5.41, 5.74) is 6.71. The maximum absolute atomic E-state index is 12.9. The van der Waals surface area contributed by atoms with Crippen LogP contribution in [0.3, 0.4) is 0 Å². The lowest BCUT2D eigenvalue weighted by Crippen LogP contribution is -2.30. The van der Waals surface area contributed by atoms with E-state index in [0.717, 1.165) is 30.5 Å². The Bertz CT molecular complexity index is 944. The molecular formula is C30H46F3N3O2. The first-order valence-electron chi connectivity index (χ1n) is 12.8. The molecule has 0 bridgehead atoms. The van der Waals surface area contributed by atoms with E-state index in [1.807, 2.05) is 31.1 Å². The Labute approximate surface area is 227 Å². The summed E-state index contributed by atoms with van der Waals surface area (Å²) in [5, 5.41) is 0. The number of hydrogen-bond donors (Lipinski definition) is 1. The average molecular weight is 538 g/mol. The minimum atomic E-state index is -4.45. The summed E-state index contributed by atoms with van der Waals surface area (Å²) in [6.45, 7) is 17.7. The summed E-state index contributed by atoms with van der Waals surface area (Å²) in [7, 11) is 1.50. The molecule has 214 valence electrons. The van der Waals surface area contributed by atoms with Crippen molar-refractivity contribution in [2.24, 2.45) is 16.1 Å². The number of carbonyl (C=O) groups is 2. The lowest BCUT2D eigenvalue weighted by Gasteiger charge is -2.15. The van der Waals surface area contributed by atoms with Crippen molar-refractivity contribution in [3.05, 3.63) is 70.8 Å². The number of nitrogens with zero attached hydrogens (tertiary/aromatic N) is 2. The van der Waals surface area contributed by atoms with Crippen molar-refractivity contribution >= 4 is 18.4 Å². The van der Waals surface area contributed by atoms with Gasteiger partial charge in [0.2, 0.25) is 0 Å². The SMILES string of the molecule is C=O.CC(C)(C)C.CCC.CCCc1ccc(CN2CN=C(c3cccc(C(F)(F)F)c3)C2=O)cc1.CN. The average Bonchev–Trinajstić information content (AvgIpc) is 3.22. The molecule has 0 fully saturated rings. The number of nitrogens with two attached hydrogens (primary N) is 1. The van der Waals surface area contributed by atoms with E-state index < -0.39 is 11.7 Å². The molecule has 38 heavy (non-hydrogen) atoms. The predicted molar refractivity (Wildman–Crippen MR) is 152 cm³/mol. The first kappa shape index (κ1) is 37.2. The standard InChI is InChI=1S/C20H19F3N2O.C5H12.C3H8.CH5N.CH2O/c1-2-4-14-7-9-15(10-8-14)12-25-13-24-18(19(25)26)16-5-3-6-17(11-16)20(21,22)23;1-5(2,3)4;1-3-2;2*1-2/h3,5-11H,2,4,12-13H2,1H3;1-4H3;3H2,1-2H3;2H2,1H3;1H2. The molecule has 0 spiro atoms. The first-order chi connectivity index (χ1) is 17.8. The third-order valence-electron chi connectivity index (χ3n) is 4.29. The zero-order valence-corrected chi connectivity index (χ0v) is 24.3. The minimum absolute atomic E-state index is 0.0821. The third kappa shape index (κ3) is 15.3. The van der Waals surface area contributed by atoms with Gasteiger partial charge in [0.15, 0.2) is 0 Å². The summed E-state index contributed by atoms with van der Waals surface area (Å²) < 4.78 is 38.6. The number of rotatable bonds is 5. The highest BCUT2D eigenvalue weighted by Gasteiger charge is 2.32. The quantitative estimate of drug-likeness (QED) is 0.435. The number of carbonyl (C=O) groups excluding carboxylic acids is 2. The van der Waals surface area contributed by atoms with Crippen LogP contribution in [-0.2, 0) is 28.7 Å². The van der Waals surface area contributed by atoms with Gasteiger partial charge >= 0.3 is 6.18 Å². The fourth-order valence-corrected chi connectivity index (χ4v) is 2.94. The van der Waals surface area contributed by atoms with Gasteiger partial charge < -0.3 is 15.4 Å². The van der Waals surface area contributed by atoms with Crippen LogP contribution in [0.2, 0.25) is 0 Å². The van der Waals surface area contributed by atoms with Gasteiger partial charge in [0, 0.05) is 12.1 Å². The molecule has 0 aliphatic carbocycles. The van der Waals surface area contributed by atoms with Gasteiger partial charge in [-0.2, -0.15) is 13.2 Å². The van der Waals surface area contributed by atoms with Gasteiger partial charge in [0.05, 0.1) is 5.56 Å². The van der Waals surface area contributed by atoms with E-state index in [2.05, 4.69) is 59.2 Å². The van der Waals surface area contributed by atoms with Crippen LogP contribution in [0, 0.1) is 5.41 Å². The Morgan fingerprint density at radius 3 is 1.84 bits per heavy atom. The van der Waals surface area contributed by atoms with E-state index >= 15 is 0 Å². The van der Waals surface area contributed by atoms with Gasteiger partial charge in [-0.3, -0.25) is 9.79 Å². The Morgan fingerprint density at radius 1 is 0.921 bits per heavy atom. The number of amides is 1. The lowest BCUT2D eigenvalue weighted by atomic mass is 10.0. The molecule has 1 aliphatic rings. The molecule has 2 aromatic rings. The number of aryl methyl sites for hydroxylation is 1. The molecular weight excluding hydrogens is 491 g/mol. The molecule has 8 heteroatoms. The second-order valence-corrected chi connectivity index (χ2v) is 10.0. The molecule has 3 rings (SSSR count). The van der Waals surface area contributed by atoms with Crippen molar-refractivity contribution in [2.45, 2.75) is 80.4 Å². The number of alkyl halides is 3. The molecule has 0 aromatic heterocycles. The second kappa shape index (κ2) is 19.1. The van der Waals surface area contributed by atoms with Gasteiger partial charge in [-0.05, 0) is 42.1 Å². The normalized spacial score (nSPS) is 12.4. The highest BCUT2D eigenvalue weighted by atomic mass is 19.4. The molecule has 0 atom stereocenters. The molecule has 1 aliphatic heterocycles. The maximum Gasteiger partial charge on any atom is 0.416 e. The van der Waals surface area contributed by atoms with Crippen LogP contribution in [0.25, 0.3) is 0 Å². The molecule has 2 N–H and O–H groups in total. The third-order valence-corrected chi connectivity index (χ3v) is 4.29. The molecule has 0 radical (unpaired) electrons. The topological polar surface area (TPSA) is 75.8 Å². The van der Waals surface area contributed by atoms with Crippen LogP contribution < -0.4 is 5.73 Å². The minimum Gasteiger partial charge on any atom is -0.333 e. The monoisotopic (exact) mass is 537 g/mol. The highest BCUT2D eigenvalue weighted by Crippen LogP contribution is 2.30. The Morgan fingerprint density at radius 2 is 1.39 bits per heavy atom. The van der Waals surface area contributed by atoms with Crippen LogP contribution in [-0.4, -0.2) is 37.0 Å². The first-order valence-corrected chi connectivity index (χ1v) is 12.8. The smallest absolute Gasteiger partial charge is 0.333 e. The molecule has 2 aromatic carbocycles. The predicted octanol–water partition coefficient (Wildman–Crippen LogP) is 7.31. The van der Waals surface area contributed by atoms with Gasteiger partial charge in [-0.25, -0.2) is 0 Å². The zero-order chi connectivity index (χ0) is 29.9. The molecule has 1 heterocycles. The van der Waals surface area contributed by atoms with E-state index in [-0.39, 0.29) is 23.9 Å². The lowest BCUT2D eigenvalue weighted by molar-refractivity contribution is -0.137. The maximum atomic E-state index is 12.9. The number of hydrogen-bond acceptors (Lipinski definition) is 4. The molecule has 0 unspecified atom stereocenters. The zero-order valence-electron chi connectivity index (χ0n) is 24.3. The number of benzene rings is 2. The number of aliphatic imine (C=N–C) groups is 1. The van der Waals surface area contributed by atoms with Crippen LogP contribution in [0.4, 0.5) is 13.2 Å². The summed E-state index contributed by atoms with van der Waals surface area (Å²) >= 11 is 0. The molecule has 5 nitrogen and oxygen atoms in total. The number of halogens is 3. The van der Waals surface area contributed by atoms with Gasteiger partial charge in [-0.1, -0.05) is 97.7 Å². The van der Waals surface area contributed by atoms with E-state index in [1.54, 1.807) is 0 Å². The molecule has 0 saturated carbocycles. The van der Waals surface area contributed by atoms with E-state index in [0.29, 0.717) is 12.0 Å². The van der Waals surface area contributed by atoms with Crippen molar-refractivity contribution in [2.75, 3.05) is 13.7 Å². The van der Waals surface area contributed by atoms with Crippen molar-refractivity contribution in [1.29, 1.82) is 0 Å². The summed E-state index contributed by atoms with van der Waals surface area (Å²) in [6, 6.07) is 12.7. The fraction of sp³-hybridized carbons (Fsp3) is 0.500. The van der Waals surface area contributed by atoms with Crippen LogP contribution in [0.5, 0.6) is 0 Å².